The number of ether oxygens (including phenoxy) is 2. The first-order chi connectivity index (χ1) is 11.1. The van der Waals surface area contributed by atoms with Crippen molar-refractivity contribution in [3.63, 3.8) is 0 Å². The first kappa shape index (κ1) is 17.6. The summed E-state index contributed by atoms with van der Waals surface area (Å²) >= 11 is 0. The van der Waals surface area contributed by atoms with Crippen molar-refractivity contribution in [1.29, 1.82) is 0 Å². The van der Waals surface area contributed by atoms with Crippen molar-refractivity contribution >= 4 is 5.91 Å². The minimum atomic E-state index is -0.0733. The van der Waals surface area contributed by atoms with Crippen LogP contribution in [-0.4, -0.2) is 50.7 Å². The zero-order valence-corrected chi connectivity index (χ0v) is 14.6. The highest BCUT2D eigenvalue weighted by molar-refractivity contribution is 5.94. The average molecular weight is 320 g/mol. The van der Waals surface area contributed by atoms with Gasteiger partial charge in [0.25, 0.3) is 5.91 Å². The number of nitrogens with one attached hydrogen (secondary N) is 1. The Kier molecular flexibility index (Phi) is 6.28. The van der Waals surface area contributed by atoms with Crippen LogP contribution in [0.3, 0.4) is 0 Å². The molecule has 1 amide bonds. The van der Waals surface area contributed by atoms with Gasteiger partial charge in [0.2, 0.25) is 0 Å². The smallest absolute Gasteiger partial charge is 0.251 e. The van der Waals surface area contributed by atoms with E-state index in [2.05, 4.69) is 24.1 Å². The summed E-state index contributed by atoms with van der Waals surface area (Å²) in [6.45, 7) is 7.37. The molecule has 1 saturated heterocycles. The SMILES string of the molecule is COc1ccc(C(=O)NCC(C(C)C)N2CCCC2)cc1OC. The van der Waals surface area contributed by atoms with E-state index in [0.29, 0.717) is 35.6 Å². The lowest BCUT2D eigenvalue weighted by Gasteiger charge is -2.31. The van der Waals surface area contributed by atoms with Crippen LogP contribution in [0.4, 0.5) is 0 Å². The molecule has 2 rings (SSSR count). The Morgan fingerprint density at radius 2 is 1.83 bits per heavy atom. The molecule has 1 aliphatic heterocycles. The summed E-state index contributed by atoms with van der Waals surface area (Å²) in [6.07, 6.45) is 2.51. The molecule has 1 aliphatic rings. The molecule has 1 fully saturated rings. The van der Waals surface area contributed by atoms with Gasteiger partial charge in [-0.1, -0.05) is 13.8 Å². The van der Waals surface area contributed by atoms with Gasteiger partial charge in [0.15, 0.2) is 11.5 Å². The van der Waals surface area contributed by atoms with Crippen LogP contribution in [-0.2, 0) is 0 Å². The fourth-order valence-electron chi connectivity index (χ4n) is 3.14. The molecule has 1 unspecified atom stereocenters. The van der Waals surface area contributed by atoms with E-state index in [1.54, 1.807) is 32.4 Å². The fourth-order valence-corrected chi connectivity index (χ4v) is 3.14. The maximum Gasteiger partial charge on any atom is 0.251 e. The molecule has 5 heteroatoms. The number of benzene rings is 1. The van der Waals surface area contributed by atoms with Gasteiger partial charge in [0.05, 0.1) is 14.2 Å². The number of carbonyl (C=O) groups is 1. The molecule has 0 aliphatic carbocycles. The lowest BCUT2D eigenvalue weighted by Crippen LogP contribution is -2.45. The van der Waals surface area contributed by atoms with Crippen LogP contribution in [0.25, 0.3) is 0 Å². The Bertz CT molecular complexity index is 525. The summed E-state index contributed by atoms with van der Waals surface area (Å²) in [6, 6.07) is 5.63. The van der Waals surface area contributed by atoms with E-state index in [1.807, 2.05) is 0 Å². The van der Waals surface area contributed by atoms with Crippen molar-refractivity contribution in [2.75, 3.05) is 33.9 Å². The molecule has 1 N–H and O–H groups in total. The standard InChI is InChI=1S/C18H28N2O3/c1-13(2)15(20-9-5-6-10-20)12-19-18(21)14-7-8-16(22-3)17(11-14)23-4/h7-8,11,13,15H,5-6,9-10,12H2,1-4H3,(H,19,21). The molecule has 23 heavy (non-hydrogen) atoms. The molecule has 1 atom stereocenters. The second kappa shape index (κ2) is 8.20. The first-order valence-electron chi connectivity index (χ1n) is 8.31. The fraction of sp³-hybridized carbons (Fsp3) is 0.611. The molecule has 1 aromatic rings. The molecule has 0 bridgehead atoms. The van der Waals surface area contributed by atoms with Crippen LogP contribution in [0.1, 0.15) is 37.0 Å². The largest absolute Gasteiger partial charge is 0.493 e. The predicted octanol–water partition coefficient (Wildman–Crippen LogP) is 2.55. The van der Waals surface area contributed by atoms with E-state index >= 15 is 0 Å². The molecule has 0 spiro atoms. The van der Waals surface area contributed by atoms with Crippen molar-refractivity contribution in [2.24, 2.45) is 5.92 Å². The highest BCUT2D eigenvalue weighted by atomic mass is 16.5. The van der Waals surface area contributed by atoms with Crippen molar-refractivity contribution in [2.45, 2.75) is 32.7 Å². The number of likely N-dealkylation sites (tertiary alicyclic amines) is 1. The molecule has 1 aromatic carbocycles. The minimum Gasteiger partial charge on any atom is -0.493 e. The molecular formula is C18H28N2O3. The van der Waals surface area contributed by atoms with Crippen LogP contribution in [0.15, 0.2) is 18.2 Å². The maximum atomic E-state index is 12.4. The number of nitrogens with zero attached hydrogens (tertiary/aromatic N) is 1. The molecule has 0 radical (unpaired) electrons. The zero-order chi connectivity index (χ0) is 16.8. The lowest BCUT2D eigenvalue weighted by atomic mass is 10.0. The minimum absolute atomic E-state index is 0.0733. The van der Waals surface area contributed by atoms with E-state index in [-0.39, 0.29) is 5.91 Å². The van der Waals surface area contributed by atoms with Gasteiger partial charge in [0.1, 0.15) is 0 Å². The van der Waals surface area contributed by atoms with Gasteiger partial charge >= 0.3 is 0 Å². The van der Waals surface area contributed by atoms with Crippen LogP contribution in [0, 0.1) is 5.92 Å². The maximum absolute atomic E-state index is 12.4. The second-order valence-corrected chi connectivity index (χ2v) is 6.33. The van der Waals surface area contributed by atoms with E-state index in [9.17, 15) is 4.79 Å². The summed E-state index contributed by atoms with van der Waals surface area (Å²) < 4.78 is 10.5. The highest BCUT2D eigenvalue weighted by Crippen LogP contribution is 2.27. The Balaban J connectivity index is 2.00. The van der Waals surface area contributed by atoms with Crippen molar-refractivity contribution in [1.82, 2.24) is 10.2 Å². The van der Waals surface area contributed by atoms with E-state index in [4.69, 9.17) is 9.47 Å². The summed E-state index contributed by atoms with van der Waals surface area (Å²) in [5.41, 5.74) is 0.589. The Morgan fingerprint density at radius 1 is 1.17 bits per heavy atom. The molecule has 5 nitrogen and oxygen atoms in total. The van der Waals surface area contributed by atoms with Gasteiger partial charge in [0, 0.05) is 18.2 Å². The summed E-state index contributed by atoms with van der Waals surface area (Å²) in [5, 5.41) is 3.07. The average Bonchev–Trinajstić information content (AvgIpc) is 3.08. The lowest BCUT2D eigenvalue weighted by molar-refractivity contribution is 0.0927. The first-order valence-corrected chi connectivity index (χ1v) is 8.31. The molecule has 128 valence electrons. The summed E-state index contributed by atoms with van der Waals surface area (Å²) in [5.74, 6) is 1.64. The van der Waals surface area contributed by atoms with Gasteiger partial charge < -0.3 is 14.8 Å². The number of amides is 1. The quantitative estimate of drug-likeness (QED) is 0.839. The van der Waals surface area contributed by atoms with Crippen LogP contribution >= 0.6 is 0 Å². The summed E-state index contributed by atoms with van der Waals surface area (Å²) in [4.78, 5) is 14.9. The Hall–Kier alpha value is -1.75. The third kappa shape index (κ3) is 4.38. The van der Waals surface area contributed by atoms with Crippen molar-refractivity contribution in [3.8, 4) is 11.5 Å². The third-order valence-corrected chi connectivity index (χ3v) is 4.50. The third-order valence-electron chi connectivity index (χ3n) is 4.50. The van der Waals surface area contributed by atoms with Gasteiger partial charge in [-0.05, 0) is 50.0 Å². The number of methoxy groups -OCH3 is 2. The second-order valence-electron chi connectivity index (χ2n) is 6.33. The molecular weight excluding hydrogens is 292 g/mol. The van der Waals surface area contributed by atoms with Crippen LogP contribution < -0.4 is 14.8 Å². The molecule has 1 heterocycles. The van der Waals surface area contributed by atoms with Crippen molar-refractivity contribution in [3.05, 3.63) is 23.8 Å². The summed E-state index contributed by atoms with van der Waals surface area (Å²) in [7, 11) is 3.16. The van der Waals surface area contributed by atoms with Gasteiger partial charge in [-0.25, -0.2) is 0 Å². The van der Waals surface area contributed by atoms with Crippen LogP contribution in [0.5, 0.6) is 11.5 Å². The van der Waals surface area contributed by atoms with E-state index in [0.717, 1.165) is 13.1 Å². The van der Waals surface area contributed by atoms with Gasteiger partial charge in [-0.3, -0.25) is 9.69 Å². The Labute approximate surface area is 139 Å². The van der Waals surface area contributed by atoms with Gasteiger partial charge in [-0.2, -0.15) is 0 Å². The zero-order valence-electron chi connectivity index (χ0n) is 14.6. The van der Waals surface area contributed by atoms with Crippen molar-refractivity contribution < 1.29 is 14.3 Å². The monoisotopic (exact) mass is 320 g/mol. The Morgan fingerprint density at radius 3 is 2.39 bits per heavy atom. The van der Waals surface area contributed by atoms with E-state index < -0.39 is 0 Å². The normalized spacial score (nSPS) is 16.4. The van der Waals surface area contributed by atoms with Crippen LogP contribution in [0.2, 0.25) is 0 Å². The van der Waals surface area contributed by atoms with E-state index in [1.165, 1.54) is 12.8 Å². The number of hydrogen-bond acceptors (Lipinski definition) is 4. The number of carbonyl (C=O) groups excluding carboxylic acids is 1. The van der Waals surface area contributed by atoms with Gasteiger partial charge in [-0.15, -0.1) is 0 Å². The highest BCUT2D eigenvalue weighted by Gasteiger charge is 2.25. The number of rotatable bonds is 7. The molecule has 0 saturated carbocycles. The number of hydrogen-bond donors (Lipinski definition) is 1. The topological polar surface area (TPSA) is 50.8 Å². The predicted molar refractivity (Wildman–Crippen MR) is 91.3 cm³/mol. The molecule has 0 aromatic heterocycles.